The molecule has 0 heterocycles. The summed E-state index contributed by atoms with van der Waals surface area (Å²) in [4.78, 5) is 13.5. The van der Waals surface area contributed by atoms with Gasteiger partial charge in [-0.3, -0.25) is 4.79 Å². The Morgan fingerprint density at radius 2 is 1.31 bits per heavy atom. The van der Waals surface area contributed by atoms with Crippen molar-refractivity contribution >= 4 is 33.2 Å². The van der Waals surface area contributed by atoms with E-state index < -0.39 is 22.0 Å². The lowest BCUT2D eigenvalue weighted by atomic mass is 10.0. The van der Waals surface area contributed by atoms with E-state index in [1.54, 1.807) is 0 Å². The number of carbonyl (C=O) groups excluding carboxylic acids is 1. The van der Waals surface area contributed by atoms with E-state index >= 15 is 0 Å². The number of amides is 1. The normalized spacial score (nSPS) is 12.1. The van der Waals surface area contributed by atoms with E-state index in [-0.39, 0.29) is 11.3 Å². The van der Waals surface area contributed by atoms with Crippen molar-refractivity contribution in [3.63, 3.8) is 0 Å². The molecule has 2 N–H and O–H groups in total. The quantitative estimate of drug-likeness (QED) is 0.318. The Morgan fingerprint density at radius 1 is 0.743 bits per heavy atom. The van der Waals surface area contributed by atoms with Gasteiger partial charge in [-0.05, 0) is 59.9 Å². The van der Waals surface area contributed by atoms with Crippen molar-refractivity contribution in [1.29, 1.82) is 0 Å². The fourth-order valence-corrected chi connectivity index (χ4v) is 5.06. The first-order valence-corrected chi connectivity index (χ1v) is 13.0. The molecule has 0 saturated heterocycles. The molecule has 0 bridgehead atoms. The standard InChI is InChI=1S/C28H25ClN2O3S/c29-24-15-17-25(18-16-24)35(33,34)31-27(20-22-11-5-2-6-12-22)28(32)30-26-14-8-7-13-23(26)19-21-9-3-1-4-10-21/h1-18,27,31H,19-20H2,(H,30,32). The SMILES string of the molecule is O=C(Nc1ccccc1Cc1ccccc1)C(Cc1ccccc1)NS(=O)(=O)c1ccc(Cl)cc1. The van der Waals surface area contributed by atoms with Crippen LogP contribution in [0.1, 0.15) is 16.7 Å². The van der Waals surface area contributed by atoms with E-state index in [1.807, 2.05) is 84.9 Å². The Morgan fingerprint density at radius 3 is 1.97 bits per heavy atom. The maximum Gasteiger partial charge on any atom is 0.242 e. The second-order valence-corrected chi connectivity index (χ2v) is 10.3. The molecule has 0 aromatic heterocycles. The number of nitrogens with one attached hydrogen (secondary N) is 2. The van der Waals surface area contributed by atoms with Gasteiger partial charge >= 0.3 is 0 Å². The van der Waals surface area contributed by atoms with Gasteiger partial charge in [-0.25, -0.2) is 8.42 Å². The van der Waals surface area contributed by atoms with Crippen molar-refractivity contribution < 1.29 is 13.2 Å². The fourth-order valence-electron chi connectivity index (χ4n) is 3.74. The molecule has 0 fully saturated rings. The summed E-state index contributed by atoms with van der Waals surface area (Å²) in [6.45, 7) is 0. The van der Waals surface area contributed by atoms with Gasteiger partial charge in [0, 0.05) is 10.7 Å². The van der Waals surface area contributed by atoms with Crippen LogP contribution in [-0.2, 0) is 27.7 Å². The molecule has 7 heteroatoms. The molecular weight excluding hydrogens is 480 g/mol. The fraction of sp³-hybridized carbons (Fsp3) is 0.107. The zero-order valence-corrected chi connectivity index (χ0v) is 20.5. The average Bonchev–Trinajstić information content (AvgIpc) is 2.86. The zero-order valence-electron chi connectivity index (χ0n) is 18.9. The minimum atomic E-state index is -3.96. The second kappa shape index (κ2) is 11.3. The highest BCUT2D eigenvalue weighted by Crippen LogP contribution is 2.21. The summed E-state index contributed by atoms with van der Waals surface area (Å²) in [5.74, 6) is -0.438. The topological polar surface area (TPSA) is 75.3 Å². The molecule has 0 aliphatic carbocycles. The summed E-state index contributed by atoms with van der Waals surface area (Å²) >= 11 is 5.91. The van der Waals surface area contributed by atoms with Gasteiger partial charge in [0.25, 0.3) is 0 Å². The summed E-state index contributed by atoms with van der Waals surface area (Å²) in [6.07, 6.45) is 0.831. The van der Waals surface area contributed by atoms with E-state index in [2.05, 4.69) is 10.0 Å². The van der Waals surface area contributed by atoms with E-state index in [1.165, 1.54) is 24.3 Å². The van der Waals surface area contributed by atoms with Gasteiger partial charge in [0.2, 0.25) is 15.9 Å². The van der Waals surface area contributed by atoms with Gasteiger partial charge in [-0.1, -0.05) is 90.5 Å². The number of hydrogen-bond acceptors (Lipinski definition) is 3. The first kappa shape index (κ1) is 24.7. The van der Waals surface area contributed by atoms with Crippen LogP contribution in [0.5, 0.6) is 0 Å². The van der Waals surface area contributed by atoms with Gasteiger partial charge < -0.3 is 5.32 Å². The summed E-state index contributed by atoms with van der Waals surface area (Å²) < 4.78 is 28.7. The van der Waals surface area contributed by atoms with E-state index in [9.17, 15) is 13.2 Å². The van der Waals surface area contributed by atoms with Crippen LogP contribution in [0.2, 0.25) is 5.02 Å². The van der Waals surface area contributed by atoms with Crippen molar-refractivity contribution in [2.75, 3.05) is 5.32 Å². The number of sulfonamides is 1. The lowest BCUT2D eigenvalue weighted by Gasteiger charge is -2.20. The summed E-state index contributed by atoms with van der Waals surface area (Å²) in [5.41, 5.74) is 3.53. The highest BCUT2D eigenvalue weighted by atomic mass is 35.5. The molecular formula is C28H25ClN2O3S. The van der Waals surface area contributed by atoms with Crippen molar-refractivity contribution in [3.8, 4) is 0 Å². The Kier molecular flexibility index (Phi) is 7.98. The summed E-state index contributed by atoms with van der Waals surface area (Å²) in [6, 6.07) is 31.6. The Labute approximate surface area is 210 Å². The molecule has 4 rings (SSSR count). The van der Waals surface area contributed by atoms with E-state index in [0.717, 1.165) is 16.7 Å². The Balaban J connectivity index is 1.59. The molecule has 0 radical (unpaired) electrons. The molecule has 0 spiro atoms. The Bertz CT molecular complexity index is 1380. The zero-order chi connectivity index (χ0) is 24.7. The molecule has 4 aromatic rings. The lowest BCUT2D eigenvalue weighted by molar-refractivity contribution is -0.117. The van der Waals surface area contributed by atoms with Crippen LogP contribution in [0, 0.1) is 0 Å². The monoisotopic (exact) mass is 504 g/mol. The maximum atomic E-state index is 13.4. The predicted octanol–water partition coefficient (Wildman–Crippen LogP) is 5.46. The van der Waals surface area contributed by atoms with Crippen molar-refractivity contribution in [2.45, 2.75) is 23.8 Å². The number of rotatable bonds is 9. The van der Waals surface area contributed by atoms with Crippen molar-refractivity contribution in [2.24, 2.45) is 0 Å². The molecule has 0 aliphatic rings. The molecule has 178 valence electrons. The minimum absolute atomic E-state index is 0.0391. The third-order valence-corrected chi connectivity index (χ3v) is 7.27. The third kappa shape index (κ3) is 6.79. The molecule has 4 aromatic carbocycles. The van der Waals surface area contributed by atoms with E-state index in [0.29, 0.717) is 17.1 Å². The van der Waals surface area contributed by atoms with Crippen LogP contribution in [-0.4, -0.2) is 20.4 Å². The van der Waals surface area contributed by atoms with E-state index in [4.69, 9.17) is 11.6 Å². The largest absolute Gasteiger partial charge is 0.324 e. The third-order valence-electron chi connectivity index (χ3n) is 5.53. The van der Waals surface area contributed by atoms with Gasteiger partial charge in [-0.15, -0.1) is 0 Å². The molecule has 35 heavy (non-hydrogen) atoms. The van der Waals surface area contributed by atoms with Crippen molar-refractivity contribution in [1.82, 2.24) is 4.72 Å². The average molecular weight is 505 g/mol. The van der Waals surface area contributed by atoms with Gasteiger partial charge in [-0.2, -0.15) is 4.72 Å². The molecule has 5 nitrogen and oxygen atoms in total. The number of anilines is 1. The molecule has 0 saturated carbocycles. The van der Waals surface area contributed by atoms with Gasteiger partial charge in [0.15, 0.2) is 0 Å². The molecule has 1 unspecified atom stereocenters. The van der Waals surface area contributed by atoms with Crippen LogP contribution < -0.4 is 10.0 Å². The van der Waals surface area contributed by atoms with Gasteiger partial charge in [0.1, 0.15) is 6.04 Å². The number of benzene rings is 4. The first-order chi connectivity index (χ1) is 16.9. The minimum Gasteiger partial charge on any atom is -0.324 e. The second-order valence-electron chi connectivity index (χ2n) is 8.13. The van der Waals surface area contributed by atoms with Crippen LogP contribution in [0.25, 0.3) is 0 Å². The first-order valence-electron chi connectivity index (χ1n) is 11.2. The van der Waals surface area contributed by atoms with Crippen LogP contribution in [0.3, 0.4) is 0 Å². The summed E-state index contributed by atoms with van der Waals surface area (Å²) in [5, 5.41) is 3.38. The smallest absolute Gasteiger partial charge is 0.242 e. The number of hydrogen-bond donors (Lipinski definition) is 2. The van der Waals surface area contributed by atoms with Gasteiger partial charge in [0.05, 0.1) is 4.90 Å². The van der Waals surface area contributed by atoms with Crippen LogP contribution in [0.4, 0.5) is 5.69 Å². The summed E-state index contributed by atoms with van der Waals surface area (Å²) in [7, 11) is -3.96. The van der Waals surface area contributed by atoms with Crippen molar-refractivity contribution in [3.05, 3.63) is 131 Å². The predicted molar refractivity (Wildman–Crippen MR) is 140 cm³/mol. The maximum absolute atomic E-state index is 13.4. The molecule has 1 amide bonds. The van der Waals surface area contributed by atoms with Crippen LogP contribution in [0.15, 0.2) is 114 Å². The lowest BCUT2D eigenvalue weighted by Crippen LogP contribution is -2.45. The number of halogens is 1. The highest BCUT2D eigenvalue weighted by molar-refractivity contribution is 7.89. The Hall–Kier alpha value is -3.45. The number of para-hydroxylation sites is 1. The van der Waals surface area contributed by atoms with Crippen LogP contribution >= 0.6 is 11.6 Å². The molecule has 0 aliphatic heterocycles. The highest BCUT2D eigenvalue weighted by Gasteiger charge is 2.26. The molecule has 1 atom stereocenters. The number of carbonyl (C=O) groups is 1.